The zero-order valence-corrected chi connectivity index (χ0v) is 17.1. The summed E-state index contributed by atoms with van der Waals surface area (Å²) in [6.07, 6.45) is 6.75. The Morgan fingerprint density at radius 3 is 2.71 bits per heavy atom. The summed E-state index contributed by atoms with van der Waals surface area (Å²) in [5.41, 5.74) is 2.32. The van der Waals surface area contributed by atoms with Gasteiger partial charge in [0.15, 0.2) is 5.78 Å². The molecule has 0 saturated heterocycles. The number of carbonyl (C=O) groups excluding carboxylic acids is 2. The molecule has 1 N–H and O–H groups in total. The number of hydrogen-bond donors (Lipinski definition) is 1. The van der Waals surface area contributed by atoms with Crippen molar-refractivity contribution in [2.75, 3.05) is 5.32 Å². The molecule has 3 rings (SSSR count). The normalized spacial score (nSPS) is 17.1. The number of ketones is 1. The topological polar surface area (TPSA) is 72.0 Å². The van der Waals surface area contributed by atoms with Crippen molar-refractivity contribution in [2.45, 2.75) is 58.3 Å². The summed E-state index contributed by atoms with van der Waals surface area (Å²) >= 11 is 5.97. The number of unbranched alkanes of at least 4 members (excludes halogenated alkanes) is 2. The van der Waals surface area contributed by atoms with Crippen LogP contribution in [0.2, 0.25) is 5.02 Å². The molecule has 1 aliphatic carbocycles. The highest BCUT2D eigenvalue weighted by Gasteiger charge is 2.28. The lowest BCUT2D eigenvalue weighted by Gasteiger charge is -2.23. The summed E-state index contributed by atoms with van der Waals surface area (Å²) in [7, 11) is 0. The highest BCUT2D eigenvalue weighted by atomic mass is 35.5. The molecule has 0 spiro atoms. The number of benzene rings is 1. The Bertz CT molecular complexity index is 851. The van der Waals surface area contributed by atoms with E-state index >= 15 is 0 Å². The average Bonchev–Trinajstić information content (AvgIpc) is 2.68. The first-order valence-electron chi connectivity index (χ1n) is 9.93. The van der Waals surface area contributed by atoms with Crippen molar-refractivity contribution >= 4 is 29.2 Å². The summed E-state index contributed by atoms with van der Waals surface area (Å²) in [4.78, 5) is 33.6. The van der Waals surface area contributed by atoms with E-state index in [2.05, 4.69) is 22.2 Å². The van der Waals surface area contributed by atoms with Crippen LogP contribution < -0.4 is 5.32 Å². The maximum Gasteiger partial charge on any atom is 0.229 e. The van der Waals surface area contributed by atoms with Crippen molar-refractivity contribution in [3.63, 3.8) is 0 Å². The number of hydrogen-bond acceptors (Lipinski definition) is 4. The van der Waals surface area contributed by atoms with Gasteiger partial charge in [-0.3, -0.25) is 14.9 Å². The second-order valence-electron chi connectivity index (χ2n) is 7.52. The lowest BCUT2D eigenvalue weighted by Crippen LogP contribution is -2.24. The SMILES string of the molecule is CCCCC[C@H](C)C(=O)Nc1ncc2c(n1)C[C@@H](c1ccc(Cl)cc1)CC2=O. The van der Waals surface area contributed by atoms with Crippen molar-refractivity contribution in [1.29, 1.82) is 0 Å². The van der Waals surface area contributed by atoms with Crippen molar-refractivity contribution < 1.29 is 9.59 Å². The van der Waals surface area contributed by atoms with Crippen LogP contribution in [-0.2, 0) is 11.2 Å². The standard InChI is InChI=1S/C22H26ClN3O2/c1-3-4-5-6-14(2)21(28)26-22-24-13-18-19(25-22)11-16(12-20(18)27)15-7-9-17(23)10-8-15/h7-10,13-14,16H,3-6,11-12H2,1-2H3,(H,24,25,26,28)/t14-,16+/m0/s1. The van der Waals surface area contributed by atoms with Crippen LogP contribution in [0.4, 0.5) is 5.95 Å². The minimum Gasteiger partial charge on any atom is -0.294 e. The van der Waals surface area contributed by atoms with Crippen LogP contribution >= 0.6 is 11.6 Å². The first-order valence-corrected chi connectivity index (χ1v) is 10.3. The Labute approximate surface area is 170 Å². The van der Waals surface area contributed by atoms with Crippen molar-refractivity contribution in [2.24, 2.45) is 5.92 Å². The molecule has 0 saturated carbocycles. The third-order valence-electron chi connectivity index (χ3n) is 5.30. The van der Waals surface area contributed by atoms with Gasteiger partial charge in [0.05, 0.1) is 11.3 Å². The van der Waals surface area contributed by atoms with Crippen molar-refractivity contribution in [1.82, 2.24) is 9.97 Å². The molecule has 0 radical (unpaired) electrons. The predicted octanol–water partition coefficient (Wildman–Crippen LogP) is 5.20. The molecule has 1 aromatic heterocycles. The molecule has 1 heterocycles. The first-order chi connectivity index (χ1) is 13.5. The van der Waals surface area contributed by atoms with E-state index in [-0.39, 0.29) is 29.5 Å². The minimum atomic E-state index is -0.0883. The number of nitrogens with one attached hydrogen (secondary N) is 1. The van der Waals surface area contributed by atoms with Gasteiger partial charge in [0.2, 0.25) is 11.9 Å². The molecule has 2 aromatic rings. The van der Waals surface area contributed by atoms with Crippen molar-refractivity contribution in [3.8, 4) is 0 Å². The molecule has 0 aliphatic heterocycles. The van der Waals surface area contributed by atoms with Gasteiger partial charge in [0.25, 0.3) is 0 Å². The summed E-state index contributed by atoms with van der Waals surface area (Å²) in [6.45, 7) is 4.06. The molecule has 1 aliphatic rings. The molecule has 5 nitrogen and oxygen atoms in total. The smallest absolute Gasteiger partial charge is 0.229 e. The van der Waals surface area contributed by atoms with Gasteiger partial charge in [0.1, 0.15) is 0 Å². The van der Waals surface area contributed by atoms with E-state index in [1.807, 2.05) is 31.2 Å². The van der Waals surface area contributed by atoms with Crippen LogP contribution in [0.1, 0.15) is 73.5 Å². The van der Waals surface area contributed by atoms with E-state index in [0.717, 1.165) is 31.2 Å². The Balaban J connectivity index is 1.71. The van der Waals surface area contributed by atoms with E-state index < -0.39 is 0 Å². The minimum absolute atomic E-state index is 0.0343. The molecule has 0 fully saturated rings. The number of Topliss-reactive ketones (excluding diaryl/α,β-unsaturated/α-hetero) is 1. The van der Waals surface area contributed by atoms with Gasteiger partial charge < -0.3 is 0 Å². The summed E-state index contributed by atoms with van der Waals surface area (Å²) in [6, 6.07) is 7.57. The number of anilines is 1. The van der Waals surface area contributed by atoms with Gasteiger partial charge in [-0.2, -0.15) is 0 Å². The fourth-order valence-corrected chi connectivity index (χ4v) is 3.67. The van der Waals surface area contributed by atoms with E-state index in [9.17, 15) is 9.59 Å². The molecule has 1 amide bonds. The van der Waals surface area contributed by atoms with Gasteiger partial charge in [-0.1, -0.05) is 56.8 Å². The molecular weight excluding hydrogens is 374 g/mol. The van der Waals surface area contributed by atoms with E-state index in [4.69, 9.17) is 11.6 Å². The molecule has 2 atom stereocenters. The third kappa shape index (κ3) is 4.96. The number of halogens is 1. The maximum atomic E-state index is 12.5. The lowest BCUT2D eigenvalue weighted by molar-refractivity contribution is -0.119. The molecule has 0 unspecified atom stereocenters. The van der Waals surface area contributed by atoms with Crippen LogP contribution in [0, 0.1) is 5.92 Å². The van der Waals surface area contributed by atoms with Crippen LogP contribution in [0.3, 0.4) is 0 Å². The summed E-state index contributed by atoms with van der Waals surface area (Å²) in [5, 5.41) is 3.48. The highest BCUT2D eigenvalue weighted by Crippen LogP contribution is 2.32. The monoisotopic (exact) mass is 399 g/mol. The van der Waals surface area contributed by atoms with Crippen LogP contribution in [0.25, 0.3) is 0 Å². The summed E-state index contributed by atoms with van der Waals surface area (Å²) in [5.74, 6) is 0.202. The molecule has 0 bridgehead atoms. The summed E-state index contributed by atoms with van der Waals surface area (Å²) < 4.78 is 0. The number of amides is 1. The number of rotatable bonds is 7. The van der Waals surface area contributed by atoms with Gasteiger partial charge in [-0.15, -0.1) is 0 Å². The fraction of sp³-hybridized carbons (Fsp3) is 0.455. The second-order valence-corrected chi connectivity index (χ2v) is 7.96. The molecule has 148 valence electrons. The van der Waals surface area contributed by atoms with Gasteiger partial charge >= 0.3 is 0 Å². The zero-order valence-electron chi connectivity index (χ0n) is 16.4. The van der Waals surface area contributed by atoms with Crippen LogP contribution in [0.5, 0.6) is 0 Å². The van der Waals surface area contributed by atoms with E-state index in [0.29, 0.717) is 29.1 Å². The van der Waals surface area contributed by atoms with Gasteiger partial charge in [-0.05, 0) is 36.5 Å². The number of fused-ring (bicyclic) bond motifs is 1. The highest BCUT2D eigenvalue weighted by molar-refractivity contribution is 6.30. The number of aromatic nitrogens is 2. The lowest BCUT2D eigenvalue weighted by atomic mass is 9.82. The molecule has 28 heavy (non-hydrogen) atoms. The quantitative estimate of drug-likeness (QED) is 0.649. The predicted molar refractivity (Wildman–Crippen MR) is 111 cm³/mol. The van der Waals surface area contributed by atoms with Crippen LogP contribution in [-0.4, -0.2) is 21.7 Å². The second kappa shape index (κ2) is 9.28. The molecular formula is C22H26ClN3O2. The van der Waals surface area contributed by atoms with Gasteiger partial charge in [-0.25, -0.2) is 9.97 Å². The molecule has 1 aromatic carbocycles. The Hall–Kier alpha value is -2.27. The average molecular weight is 400 g/mol. The number of carbonyl (C=O) groups is 2. The van der Waals surface area contributed by atoms with Crippen LogP contribution in [0.15, 0.2) is 30.5 Å². The Kier molecular flexibility index (Phi) is 6.79. The fourth-order valence-electron chi connectivity index (χ4n) is 3.54. The maximum absolute atomic E-state index is 12.5. The Morgan fingerprint density at radius 1 is 1.25 bits per heavy atom. The van der Waals surface area contributed by atoms with Crippen molar-refractivity contribution in [3.05, 3.63) is 52.3 Å². The van der Waals surface area contributed by atoms with E-state index in [1.165, 1.54) is 0 Å². The third-order valence-corrected chi connectivity index (χ3v) is 5.56. The van der Waals surface area contributed by atoms with Gasteiger partial charge in [0, 0.05) is 23.6 Å². The van der Waals surface area contributed by atoms with E-state index in [1.54, 1.807) is 6.20 Å². The first kappa shape index (κ1) is 20.5. The Morgan fingerprint density at radius 2 is 2.00 bits per heavy atom. The molecule has 6 heteroatoms. The zero-order chi connectivity index (χ0) is 20.1. The number of nitrogens with zero attached hydrogens (tertiary/aromatic N) is 2. The largest absolute Gasteiger partial charge is 0.294 e.